The lowest BCUT2D eigenvalue weighted by Crippen LogP contribution is -2.42. The van der Waals surface area contributed by atoms with E-state index in [1.807, 2.05) is 0 Å². The fourth-order valence-corrected chi connectivity index (χ4v) is 6.44. The van der Waals surface area contributed by atoms with Crippen LogP contribution >= 0.6 is 0 Å². The summed E-state index contributed by atoms with van der Waals surface area (Å²) < 4.78 is 6.51. The number of benzene rings is 2. The van der Waals surface area contributed by atoms with Gasteiger partial charge < -0.3 is 35.0 Å². The molecule has 10 nitrogen and oxygen atoms in total. The van der Waals surface area contributed by atoms with E-state index in [1.165, 1.54) is 40.6 Å². The highest BCUT2D eigenvalue weighted by Gasteiger charge is 2.45. The average Bonchev–Trinajstić information content (AvgIpc) is 3.30. The van der Waals surface area contributed by atoms with E-state index in [4.69, 9.17) is 25.2 Å². The van der Waals surface area contributed by atoms with Crippen LogP contribution in [0.25, 0.3) is 10.9 Å². The van der Waals surface area contributed by atoms with Crippen molar-refractivity contribution in [3.63, 3.8) is 0 Å². The number of para-hydroxylation sites is 1. The van der Waals surface area contributed by atoms with E-state index in [0.29, 0.717) is 12.0 Å². The van der Waals surface area contributed by atoms with E-state index in [9.17, 15) is 14.4 Å². The number of carboxylic acids is 3. The summed E-state index contributed by atoms with van der Waals surface area (Å²) in [5.74, 6) is -4.35. The van der Waals surface area contributed by atoms with E-state index in [-0.39, 0.29) is 5.60 Å². The molecular formula is C31H38N2O8. The number of H-pyrrole nitrogens is 1. The molecular weight excluding hydrogens is 528 g/mol. The Morgan fingerprint density at radius 3 is 2.12 bits per heavy atom. The van der Waals surface area contributed by atoms with Crippen LogP contribution in [0, 0.1) is 5.92 Å². The first-order valence-corrected chi connectivity index (χ1v) is 13.8. The molecule has 1 aliphatic heterocycles. The Balaban J connectivity index is 0.000000254. The van der Waals surface area contributed by atoms with Gasteiger partial charge in [0.25, 0.3) is 0 Å². The van der Waals surface area contributed by atoms with Crippen LogP contribution in [0.5, 0.6) is 0 Å². The van der Waals surface area contributed by atoms with Crippen LogP contribution < -0.4 is 0 Å². The number of nitrogens with zero attached hydrogens (tertiary/aromatic N) is 1. The van der Waals surface area contributed by atoms with Crippen LogP contribution in [0.3, 0.4) is 0 Å². The molecule has 3 aromatic rings. The zero-order valence-corrected chi connectivity index (χ0v) is 23.4. The minimum atomic E-state index is -2.74. The molecule has 0 saturated heterocycles. The highest BCUT2D eigenvalue weighted by atomic mass is 16.5. The van der Waals surface area contributed by atoms with Gasteiger partial charge in [-0.3, -0.25) is 9.59 Å². The van der Waals surface area contributed by atoms with Crippen LogP contribution in [0.4, 0.5) is 0 Å². The van der Waals surface area contributed by atoms with Gasteiger partial charge in [0.05, 0.1) is 25.1 Å². The molecule has 1 spiro atoms. The number of rotatable bonds is 8. The third-order valence-electron chi connectivity index (χ3n) is 8.27. The molecule has 2 aliphatic rings. The maximum Gasteiger partial charge on any atom is 0.336 e. The third kappa shape index (κ3) is 6.61. The maximum atomic E-state index is 10.3. The molecule has 1 unspecified atom stereocenters. The number of aromatic nitrogens is 1. The van der Waals surface area contributed by atoms with Gasteiger partial charge in [0, 0.05) is 16.9 Å². The predicted octanol–water partition coefficient (Wildman–Crippen LogP) is 4.18. The number of ether oxygens (including phenoxy) is 1. The minimum Gasteiger partial charge on any atom is -0.481 e. The molecule has 1 saturated carbocycles. The highest BCUT2D eigenvalue weighted by Crippen LogP contribution is 2.50. The lowest BCUT2D eigenvalue weighted by molar-refractivity contribution is -0.170. The Hall–Kier alpha value is -3.73. The molecule has 1 aromatic heterocycles. The van der Waals surface area contributed by atoms with Crippen molar-refractivity contribution in [3.05, 3.63) is 71.4 Å². The zero-order chi connectivity index (χ0) is 29.8. The van der Waals surface area contributed by atoms with Gasteiger partial charge in [-0.15, -0.1) is 0 Å². The molecule has 10 heteroatoms. The van der Waals surface area contributed by atoms with Gasteiger partial charge in [0.2, 0.25) is 0 Å². The fourth-order valence-electron chi connectivity index (χ4n) is 6.44. The van der Waals surface area contributed by atoms with Crippen molar-refractivity contribution in [2.75, 3.05) is 20.7 Å². The van der Waals surface area contributed by atoms with Crippen LogP contribution in [0.1, 0.15) is 61.4 Å². The van der Waals surface area contributed by atoms with E-state index < -0.39 is 36.4 Å². The standard InChI is InChI=1S/C25H30N2O.C6H8O7/c1-27(2)23(18-8-4-3-5-9-18)19-12-15-25(16-13-19)24-21(14-17-28-25)20-10-6-7-11-22(20)26-24;7-3(8)1-6(13,5(11)12)2-4(9)10/h3-11,19,23,26H,12-17H2,1-2H3;13H,1-2H2,(H,7,8)(H,9,10)(H,11,12). The molecule has 2 heterocycles. The molecule has 0 radical (unpaired) electrons. The van der Waals surface area contributed by atoms with E-state index in [2.05, 4.69) is 78.6 Å². The van der Waals surface area contributed by atoms with Gasteiger partial charge in [0.15, 0.2) is 5.60 Å². The number of fused-ring (bicyclic) bond motifs is 4. The molecule has 5 rings (SSSR count). The quantitative estimate of drug-likeness (QED) is 0.269. The Morgan fingerprint density at radius 1 is 0.976 bits per heavy atom. The minimum absolute atomic E-state index is 0.114. The van der Waals surface area contributed by atoms with Crippen molar-refractivity contribution in [3.8, 4) is 0 Å². The largest absolute Gasteiger partial charge is 0.481 e. The molecule has 1 aliphatic carbocycles. The van der Waals surface area contributed by atoms with E-state index >= 15 is 0 Å². The summed E-state index contributed by atoms with van der Waals surface area (Å²) in [5, 5.41) is 35.2. The van der Waals surface area contributed by atoms with Crippen LogP contribution in [-0.2, 0) is 31.1 Å². The number of hydrogen-bond acceptors (Lipinski definition) is 6. The summed E-state index contributed by atoms with van der Waals surface area (Å²) in [6, 6.07) is 20.2. The van der Waals surface area contributed by atoms with Crippen molar-refractivity contribution in [2.24, 2.45) is 5.92 Å². The monoisotopic (exact) mass is 566 g/mol. The summed E-state index contributed by atoms with van der Waals surface area (Å²) in [4.78, 5) is 36.6. The fraction of sp³-hybridized carbons (Fsp3) is 0.452. The number of aliphatic hydroxyl groups is 1. The van der Waals surface area contributed by atoms with Crippen molar-refractivity contribution < 1.29 is 39.5 Å². The molecule has 0 bridgehead atoms. The first kappa shape index (κ1) is 30.2. The Morgan fingerprint density at radius 2 is 1.56 bits per heavy atom. The van der Waals surface area contributed by atoms with Crippen molar-refractivity contribution in [2.45, 2.75) is 62.2 Å². The summed E-state index contributed by atoms with van der Waals surface area (Å²) in [6.45, 7) is 0.843. The summed E-state index contributed by atoms with van der Waals surface area (Å²) >= 11 is 0. The van der Waals surface area contributed by atoms with Gasteiger partial charge >= 0.3 is 17.9 Å². The van der Waals surface area contributed by atoms with Gasteiger partial charge in [0.1, 0.15) is 5.60 Å². The Labute approximate surface area is 238 Å². The molecule has 2 aromatic carbocycles. The molecule has 1 atom stereocenters. The SMILES string of the molecule is CN(C)C(c1ccccc1)C1CCC2(CC1)OCCc1c2[nH]c2ccccc12.O=C(O)CC(O)(CC(=O)O)C(=O)O. The maximum absolute atomic E-state index is 10.3. The summed E-state index contributed by atoms with van der Waals surface area (Å²) in [7, 11) is 4.43. The van der Waals surface area contributed by atoms with E-state index in [1.54, 1.807) is 0 Å². The van der Waals surface area contributed by atoms with Gasteiger partial charge in [-0.1, -0.05) is 48.5 Å². The second-order valence-electron chi connectivity index (χ2n) is 11.3. The second-order valence-corrected chi connectivity index (χ2v) is 11.3. The van der Waals surface area contributed by atoms with Crippen molar-refractivity contribution >= 4 is 28.8 Å². The predicted molar refractivity (Wildman–Crippen MR) is 152 cm³/mol. The summed E-state index contributed by atoms with van der Waals surface area (Å²) in [6.07, 6.45) is 3.35. The van der Waals surface area contributed by atoms with Crippen LogP contribution in [-0.4, -0.2) is 74.5 Å². The number of carboxylic acid groups (broad SMARTS) is 3. The van der Waals surface area contributed by atoms with Gasteiger partial charge in [-0.2, -0.15) is 0 Å². The Bertz CT molecular complexity index is 1360. The molecule has 41 heavy (non-hydrogen) atoms. The summed E-state index contributed by atoms with van der Waals surface area (Å²) in [5.41, 5.74) is 2.69. The topological polar surface area (TPSA) is 160 Å². The lowest BCUT2D eigenvalue weighted by atomic mass is 9.71. The number of nitrogens with one attached hydrogen (secondary N) is 1. The number of aromatic amines is 1. The normalized spacial score (nSPS) is 21.1. The number of hydrogen-bond donors (Lipinski definition) is 5. The molecule has 5 N–H and O–H groups in total. The van der Waals surface area contributed by atoms with Crippen LogP contribution in [0.15, 0.2) is 54.6 Å². The van der Waals surface area contributed by atoms with E-state index in [0.717, 1.165) is 25.9 Å². The number of carbonyl (C=O) groups is 3. The first-order valence-electron chi connectivity index (χ1n) is 13.8. The highest BCUT2D eigenvalue weighted by molar-refractivity contribution is 5.88. The lowest BCUT2D eigenvalue weighted by Gasteiger charge is -2.45. The van der Waals surface area contributed by atoms with Gasteiger partial charge in [-0.05, 0) is 69.3 Å². The smallest absolute Gasteiger partial charge is 0.336 e. The Kier molecular flexibility index (Phi) is 9.16. The molecule has 1 fully saturated rings. The molecule has 0 amide bonds. The number of aliphatic carboxylic acids is 3. The van der Waals surface area contributed by atoms with Crippen LogP contribution in [0.2, 0.25) is 0 Å². The molecule has 220 valence electrons. The van der Waals surface area contributed by atoms with Crippen molar-refractivity contribution in [1.29, 1.82) is 0 Å². The first-order chi connectivity index (χ1) is 19.5. The van der Waals surface area contributed by atoms with Crippen molar-refractivity contribution in [1.82, 2.24) is 9.88 Å². The van der Waals surface area contributed by atoms with Gasteiger partial charge in [-0.25, -0.2) is 4.79 Å². The zero-order valence-electron chi connectivity index (χ0n) is 23.4. The second kappa shape index (κ2) is 12.4. The third-order valence-corrected chi connectivity index (χ3v) is 8.27. The average molecular weight is 567 g/mol.